The highest BCUT2D eigenvalue weighted by Gasteiger charge is 2.38. The second-order valence-corrected chi connectivity index (χ2v) is 7.65. The zero-order valence-corrected chi connectivity index (χ0v) is 12.8. The monoisotopic (exact) mass is 331 g/mol. The molecule has 1 aromatic rings. The van der Waals surface area contributed by atoms with E-state index in [1.165, 1.54) is 6.07 Å². The summed E-state index contributed by atoms with van der Waals surface area (Å²) in [4.78, 5) is 24.8. The highest BCUT2D eigenvalue weighted by atomic mass is 35.5. The van der Waals surface area contributed by atoms with Gasteiger partial charge in [-0.1, -0.05) is 11.6 Å². The van der Waals surface area contributed by atoms with Crippen molar-refractivity contribution in [1.82, 2.24) is 4.90 Å². The van der Waals surface area contributed by atoms with Crippen molar-refractivity contribution < 1.29 is 23.1 Å². The molecule has 1 N–H and O–H groups in total. The van der Waals surface area contributed by atoms with Gasteiger partial charge in [0.1, 0.15) is 6.04 Å². The zero-order valence-electron chi connectivity index (χ0n) is 11.2. The van der Waals surface area contributed by atoms with Crippen LogP contribution in [0, 0.1) is 6.92 Å². The standard InChI is InChI=1S/C13H14ClNO5S/c1-8-4-9(6-10(14)5-8)12(16)15-2-3-21(19,20)7-11(15)13(17)18/h4-6,11H,2-3,7H2,1H3,(H,17,18). The van der Waals surface area contributed by atoms with Crippen molar-refractivity contribution in [3.63, 3.8) is 0 Å². The molecule has 1 aliphatic rings. The van der Waals surface area contributed by atoms with E-state index in [0.29, 0.717) is 5.02 Å². The molecule has 0 bridgehead atoms. The van der Waals surface area contributed by atoms with Gasteiger partial charge in [0.05, 0.1) is 11.5 Å². The number of carboxylic acids is 1. The van der Waals surface area contributed by atoms with Crippen molar-refractivity contribution >= 4 is 33.3 Å². The number of nitrogens with zero attached hydrogens (tertiary/aromatic N) is 1. The summed E-state index contributed by atoms with van der Waals surface area (Å²) in [5, 5.41) is 9.53. The Labute approximate surface area is 127 Å². The molecule has 0 aliphatic carbocycles. The van der Waals surface area contributed by atoms with Crippen molar-refractivity contribution in [3.05, 3.63) is 34.3 Å². The number of carbonyl (C=O) groups excluding carboxylic acids is 1. The molecule has 21 heavy (non-hydrogen) atoms. The van der Waals surface area contributed by atoms with Gasteiger partial charge in [0, 0.05) is 17.1 Å². The molecule has 1 heterocycles. The Morgan fingerprint density at radius 1 is 1.33 bits per heavy atom. The van der Waals surface area contributed by atoms with Crippen molar-refractivity contribution in [2.24, 2.45) is 0 Å². The van der Waals surface area contributed by atoms with E-state index in [0.717, 1.165) is 10.5 Å². The molecule has 8 heteroatoms. The number of carbonyl (C=O) groups is 2. The van der Waals surface area contributed by atoms with Gasteiger partial charge in [-0.25, -0.2) is 13.2 Å². The second kappa shape index (κ2) is 5.65. The summed E-state index contributed by atoms with van der Waals surface area (Å²) in [5.74, 6) is -2.65. The first kappa shape index (κ1) is 15.8. The van der Waals surface area contributed by atoms with Crippen LogP contribution in [-0.2, 0) is 14.6 Å². The van der Waals surface area contributed by atoms with E-state index >= 15 is 0 Å². The summed E-state index contributed by atoms with van der Waals surface area (Å²) >= 11 is 5.89. The Balaban J connectivity index is 2.34. The number of hydrogen-bond acceptors (Lipinski definition) is 4. The average Bonchev–Trinajstić information content (AvgIpc) is 2.35. The van der Waals surface area contributed by atoms with Gasteiger partial charge >= 0.3 is 5.97 Å². The van der Waals surface area contributed by atoms with Gasteiger partial charge in [0.25, 0.3) is 5.91 Å². The Hall–Kier alpha value is -1.60. The van der Waals surface area contributed by atoms with Crippen LogP contribution in [0.25, 0.3) is 0 Å². The maximum Gasteiger partial charge on any atom is 0.327 e. The molecule has 1 aromatic carbocycles. The van der Waals surface area contributed by atoms with E-state index in [2.05, 4.69) is 0 Å². The average molecular weight is 332 g/mol. The smallest absolute Gasteiger partial charge is 0.327 e. The first-order valence-corrected chi connectivity index (χ1v) is 8.41. The van der Waals surface area contributed by atoms with Crippen LogP contribution >= 0.6 is 11.6 Å². The number of hydrogen-bond donors (Lipinski definition) is 1. The highest BCUT2D eigenvalue weighted by molar-refractivity contribution is 7.91. The normalized spacial score (nSPS) is 21.0. The Morgan fingerprint density at radius 3 is 2.57 bits per heavy atom. The summed E-state index contributed by atoms with van der Waals surface area (Å²) in [6, 6.07) is 3.35. The van der Waals surface area contributed by atoms with Gasteiger partial charge < -0.3 is 10.0 Å². The van der Waals surface area contributed by atoms with E-state index < -0.39 is 33.5 Å². The van der Waals surface area contributed by atoms with Gasteiger partial charge in [-0.05, 0) is 30.7 Å². The number of aliphatic carboxylic acids is 1. The minimum absolute atomic E-state index is 0.135. The molecule has 114 valence electrons. The van der Waals surface area contributed by atoms with Crippen LogP contribution in [0.1, 0.15) is 15.9 Å². The maximum absolute atomic E-state index is 12.4. The fourth-order valence-electron chi connectivity index (χ4n) is 2.28. The van der Waals surface area contributed by atoms with E-state index in [4.69, 9.17) is 16.7 Å². The fourth-order valence-corrected chi connectivity index (χ4v) is 4.02. The Kier molecular flexibility index (Phi) is 4.25. The minimum Gasteiger partial charge on any atom is -0.480 e. The predicted molar refractivity (Wildman–Crippen MR) is 77.3 cm³/mol. The number of amides is 1. The lowest BCUT2D eigenvalue weighted by Gasteiger charge is -2.32. The third-order valence-electron chi connectivity index (χ3n) is 3.27. The maximum atomic E-state index is 12.4. The lowest BCUT2D eigenvalue weighted by molar-refractivity contribution is -0.141. The quantitative estimate of drug-likeness (QED) is 0.872. The third-order valence-corrected chi connectivity index (χ3v) is 5.11. The van der Waals surface area contributed by atoms with Crippen molar-refractivity contribution in [1.29, 1.82) is 0 Å². The highest BCUT2D eigenvalue weighted by Crippen LogP contribution is 2.20. The molecular formula is C13H14ClNO5S. The SMILES string of the molecule is Cc1cc(Cl)cc(C(=O)N2CCS(=O)(=O)CC2C(=O)O)c1. The molecule has 1 fully saturated rings. The first-order valence-electron chi connectivity index (χ1n) is 6.21. The van der Waals surface area contributed by atoms with Crippen LogP contribution < -0.4 is 0 Å². The van der Waals surface area contributed by atoms with Crippen molar-refractivity contribution in [2.75, 3.05) is 18.1 Å². The molecule has 0 aromatic heterocycles. The lowest BCUT2D eigenvalue weighted by atomic mass is 10.1. The molecule has 6 nitrogen and oxygen atoms in total. The van der Waals surface area contributed by atoms with Crippen LogP contribution in [0.2, 0.25) is 5.02 Å². The van der Waals surface area contributed by atoms with E-state index in [1.807, 2.05) is 0 Å². The van der Waals surface area contributed by atoms with Crippen LogP contribution in [0.3, 0.4) is 0 Å². The summed E-state index contributed by atoms with van der Waals surface area (Å²) in [6.45, 7) is 1.63. The molecule has 1 aliphatic heterocycles. The number of benzene rings is 1. The summed E-state index contributed by atoms with van der Waals surface area (Å²) in [5.41, 5.74) is 1.02. The number of rotatable bonds is 2. The minimum atomic E-state index is -3.44. The van der Waals surface area contributed by atoms with E-state index in [-0.39, 0.29) is 17.9 Å². The van der Waals surface area contributed by atoms with Crippen molar-refractivity contribution in [3.8, 4) is 0 Å². The molecule has 1 atom stereocenters. The lowest BCUT2D eigenvalue weighted by Crippen LogP contribution is -2.54. The van der Waals surface area contributed by atoms with Gasteiger partial charge in [0.15, 0.2) is 9.84 Å². The second-order valence-electron chi connectivity index (χ2n) is 4.98. The van der Waals surface area contributed by atoms with Gasteiger partial charge in [-0.2, -0.15) is 0 Å². The Bertz CT molecular complexity index is 680. The predicted octanol–water partition coefficient (Wildman–Crippen LogP) is 0.972. The van der Waals surface area contributed by atoms with E-state index in [1.54, 1.807) is 19.1 Å². The van der Waals surface area contributed by atoms with Gasteiger partial charge in [-0.3, -0.25) is 4.79 Å². The number of aryl methyl sites for hydroxylation is 1. The Morgan fingerprint density at radius 2 is 2.00 bits per heavy atom. The molecule has 0 saturated carbocycles. The number of carboxylic acid groups (broad SMARTS) is 1. The molecule has 0 spiro atoms. The summed E-state index contributed by atoms with van der Waals surface area (Å²) < 4.78 is 23.1. The van der Waals surface area contributed by atoms with Crippen LogP contribution in [0.4, 0.5) is 0 Å². The number of halogens is 1. The number of sulfone groups is 1. The molecule has 0 radical (unpaired) electrons. The molecular weight excluding hydrogens is 318 g/mol. The van der Waals surface area contributed by atoms with E-state index in [9.17, 15) is 18.0 Å². The summed E-state index contributed by atoms with van der Waals surface area (Å²) in [7, 11) is -3.44. The molecule has 2 rings (SSSR count). The summed E-state index contributed by atoms with van der Waals surface area (Å²) in [6.07, 6.45) is 0. The van der Waals surface area contributed by atoms with Gasteiger partial charge in [0.2, 0.25) is 0 Å². The third kappa shape index (κ3) is 3.54. The molecule has 1 saturated heterocycles. The molecule has 1 amide bonds. The van der Waals surface area contributed by atoms with Crippen molar-refractivity contribution in [2.45, 2.75) is 13.0 Å². The van der Waals surface area contributed by atoms with Crippen LogP contribution in [0.5, 0.6) is 0 Å². The topological polar surface area (TPSA) is 91.8 Å². The fraction of sp³-hybridized carbons (Fsp3) is 0.385. The zero-order chi connectivity index (χ0) is 15.8. The van der Waals surface area contributed by atoms with Crippen LogP contribution in [-0.4, -0.2) is 54.4 Å². The van der Waals surface area contributed by atoms with Crippen LogP contribution in [0.15, 0.2) is 18.2 Å². The van der Waals surface area contributed by atoms with Gasteiger partial charge in [-0.15, -0.1) is 0 Å². The largest absolute Gasteiger partial charge is 0.480 e. The first-order chi connectivity index (χ1) is 9.69. The molecule has 1 unspecified atom stereocenters.